The average molecular weight is 365 g/mol. The molecule has 0 aromatic rings. The molecule has 0 aliphatic rings. The monoisotopic (exact) mass is 366 g/mol. The molecule has 0 atom stereocenters. The van der Waals surface area contributed by atoms with Crippen LogP contribution in [0.25, 0.3) is 0 Å². The van der Waals surface area contributed by atoms with Gasteiger partial charge in [-0.05, 0) is 0 Å². The zero-order valence-electron chi connectivity index (χ0n) is 13.5. The van der Waals surface area contributed by atoms with Gasteiger partial charge in [0.15, 0.2) is 0 Å². The van der Waals surface area contributed by atoms with Gasteiger partial charge in [-0.15, -0.1) is 16.8 Å². The van der Waals surface area contributed by atoms with Crippen molar-refractivity contribution in [2.24, 2.45) is 0 Å². The molecule has 0 spiro atoms. The van der Waals surface area contributed by atoms with Gasteiger partial charge >= 0.3 is 33.2 Å². The molecule has 0 N–H and O–H groups in total. The molecule has 4 heteroatoms. The van der Waals surface area contributed by atoms with E-state index in [1.807, 2.05) is 4.09 Å². The Hall–Kier alpha value is 0.419. The van der Waals surface area contributed by atoms with E-state index >= 15 is 0 Å². The van der Waals surface area contributed by atoms with Crippen LogP contribution in [0.1, 0.15) is 62.3 Å². The average Bonchev–Trinajstić information content (AvgIpc) is 1.71. The molecule has 0 amide bonds. The van der Waals surface area contributed by atoms with Crippen LogP contribution in [-0.2, 0) is 0 Å². The maximum atomic E-state index is 10.1. The van der Waals surface area contributed by atoms with Crippen molar-refractivity contribution < 1.29 is 15.3 Å². The molecule has 0 saturated carbocycles. The van der Waals surface area contributed by atoms with Crippen molar-refractivity contribution in [2.45, 2.75) is 79.1 Å². The summed E-state index contributed by atoms with van der Waals surface area (Å²) >= 11 is 1.40. The first-order valence-corrected chi connectivity index (χ1v) is 7.46. The first kappa shape index (κ1) is 26.9. The van der Waals surface area contributed by atoms with Crippen LogP contribution in [0.3, 0.4) is 0 Å². The molecule has 0 aliphatic carbocycles. The maximum absolute atomic E-state index is 10.1. The van der Waals surface area contributed by atoms with Crippen molar-refractivity contribution in [2.75, 3.05) is 0 Å². The van der Waals surface area contributed by atoms with E-state index in [1.54, 1.807) is 62.3 Å². The molecule has 0 fully saturated rings. The Bertz CT molecular complexity index is 124. The van der Waals surface area contributed by atoms with Crippen molar-refractivity contribution in [3.05, 3.63) is 10.7 Å². The third-order valence-corrected chi connectivity index (χ3v) is 0. The van der Waals surface area contributed by atoms with Crippen LogP contribution in [0.2, 0.25) is 0 Å². The van der Waals surface area contributed by atoms with Gasteiger partial charge in [0.25, 0.3) is 0 Å². The summed E-state index contributed by atoms with van der Waals surface area (Å²) in [6, 6.07) is 0. The van der Waals surface area contributed by atoms with Gasteiger partial charge in [0.05, 0.1) is 0 Å². The molecule has 0 heterocycles. The van der Waals surface area contributed by atoms with Crippen LogP contribution in [0.15, 0.2) is 10.7 Å². The maximum Gasteiger partial charge on any atom is -0.0756 e. The van der Waals surface area contributed by atoms with Crippen LogP contribution < -0.4 is 15.3 Å². The quantitative estimate of drug-likeness (QED) is 0.595. The molecule has 0 rings (SSSR count). The third-order valence-electron chi connectivity index (χ3n) is 0. The topological polar surface area (TPSA) is 69.2 Å². The summed E-state index contributed by atoms with van der Waals surface area (Å²) in [7, 11) is 0. The summed E-state index contributed by atoms with van der Waals surface area (Å²) < 4.78 is 1.84. The standard InChI is InChI=1S/3C4H9O.C2H3.Sn/c3*1-4(2,3)5;1-2;/h3*1-3H3;1H,2H2;/q3*-1;;+3. The number of hydrogen-bond donors (Lipinski definition) is 0. The third kappa shape index (κ3) is 22300. The van der Waals surface area contributed by atoms with Crippen molar-refractivity contribution in [1.29, 1.82) is 0 Å². The molecule has 0 unspecified atom stereocenters. The van der Waals surface area contributed by atoms with Crippen LogP contribution in [0.4, 0.5) is 0 Å². The Balaban J connectivity index is -0.0000000739. The fourth-order valence-electron chi connectivity index (χ4n) is 0. The van der Waals surface area contributed by atoms with Gasteiger partial charge in [-0.2, -0.15) is 0 Å². The molecular formula is C14H30O3Sn. The molecule has 108 valence electrons. The fourth-order valence-corrected chi connectivity index (χ4v) is 0. The van der Waals surface area contributed by atoms with E-state index in [0.29, 0.717) is 0 Å². The van der Waals surface area contributed by atoms with Gasteiger partial charge < -0.3 is 15.3 Å². The minimum absolute atomic E-state index is 0.750. The van der Waals surface area contributed by atoms with Crippen molar-refractivity contribution in [3.8, 4) is 0 Å². The molecule has 0 bridgehead atoms. The van der Waals surface area contributed by atoms with E-state index in [2.05, 4.69) is 6.58 Å². The Morgan fingerprint density at radius 1 is 0.667 bits per heavy atom. The van der Waals surface area contributed by atoms with E-state index in [4.69, 9.17) is 0 Å². The molecule has 0 aromatic heterocycles. The van der Waals surface area contributed by atoms with Gasteiger partial charge in [0, 0.05) is 0 Å². The van der Waals surface area contributed by atoms with Gasteiger partial charge in [-0.1, -0.05) is 62.3 Å². The van der Waals surface area contributed by atoms with Crippen molar-refractivity contribution in [3.63, 3.8) is 0 Å². The number of rotatable bonds is 0. The summed E-state index contributed by atoms with van der Waals surface area (Å²) in [5, 5.41) is 30.3. The molecule has 0 aliphatic heterocycles. The Morgan fingerprint density at radius 3 is 0.667 bits per heavy atom. The van der Waals surface area contributed by atoms with Crippen molar-refractivity contribution >= 4 is 22.5 Å². The van der Waals surface area contributed by atoms with Crippen LogP contribution >= 0.6 is 0 Å². The first-order valence-electron chi connectivity index (χ1n) is 5.81. The van der Waals surface area contributed by atoms with Crippen LogP contribution in [0.5, 0.6) is 0 Å². The minimum atomic E-state index is -0.750. The summed E-state index contributed by atoms with van der Waals surface area (Å²) in [6.07, 6.45) is 0. The van der Waals surface area contributed by atoms with Crippen LogP contribution in [0, 0.1) is 0 Å². The van der Waals surface area contributed by atoms with E-state index in [1.165, 1.54) is 22.5 Å². The Labute approximate surface area is 127 Å². The second kappa shape index (κ2) is 12.5. The van der Waals surface area contributed by atoms with Gasteiger partial charge in [-0.25, -0.2) is 0 Å². The Kier molecular flexibility index (Phi) is 18.6. The predicted molar refractivity (Wildman–Crippen MR) is 75.2 cm³/mol. The van der Waals surface area contributed by atoms with E-state index in [-0.39, 0.29) is 0 Å². The molecule has 0 radical (unpaired) electrons. The second-order valence-electron chi connectivity index (χ2n) is 6.54. The normalized spacial score (nSPS) is 10.8. The van der Waals surface area contributed by atoms with E-state index in [0.717, 1.165) is 0 Å². The second-order valence-corrected chi connectivity index (χ2v) is 7.71. The Morgan fingerprint density at radius 2 is 0.667 bits per heavy atom. The SMILES string of the molecule is C=[CH][Sn+3].CC(C)(C)[O-].CC(C)(C)[O-].CC(C)(C)[O-]. The molecule has 3 nitrogen and oxygen atoms in total. The smallest absolute Gasteiger partial charge is 0.0756 e. The number of hydrogen-bond acceptors (Lipinski definition) is 3. The van der Waals surface area contributed by atoms with Gasteiger partial charge in [0.2, 0.25) is 0 Å². The molecule has 0 saturated heterocycles. The minimum Gasteiger partial charge on any atom is -0.850 e. The molecule has 0 aromatic carbocycles. The van der Waals surface area contributed by atoms with Gasteiger partial charge in [-0.3, -0.25) is 0 Å². The summed E-state index contributed by atoms with van der Waals surface area (Å²) in [4.78, 5) is 0. The summed E-state index contributed by atoms with van der Waals surface area (Å²) in [5.41, 5.74) is -2.25. The van der Waals surface area contributed by atoms with E-state index in [9.17, 15) is 15.3 Å². The summed E-state index contributed by atoms with van der Waals surface area (Å²) in [6.45, 7) is 18.1. The molecular weight excluding hydrogens is 335 g/mol. The molecule has 18 heavy (non-hydrogen) atoms. The van der Waals surface area contributed by atoms with Gasteiger partial charge in [0.1, 0.15) is 0 Å². The predicted octanol–water partition coefficient (Wildman–Crippen LogP) is 0.734. The zero-order chi connectivity index (χ0) is 16.2. The summed E-state index contributed by atoms with van der Waals surface area (Å²) in [5.74, 6) is 0. The van der Waals surface area contributed by atoms with Crippen LogP contribution in [-0.4, -0.2) is 39.3 Å². The zero-order valence-corrected chi connectivity index (χ0v) is 16.4. The largest absolute Gasteiger partial charge is 0.850 e. The fraction of sp³-hybridized carbons (Fsp3) is 0.857. The van der Waals surface area contributed by atoms with E-state index < -0.39 is 16.8 Å². The van der Waals surface area contributed by atoms with Crippen molar-refractivity contribution in [1.82, 2.24) is 0 Å². The first-order chi connectivity index (χ1) is 7.41.